The van der Waals surface area contributed by atoms with Crippen molar-refractivity contribution in [2.45, 2.75) is 58.8 Å². The van der Waals surface area contributed by atoms with Gasteiger partial charge in [0.15, 0.2) is 5.79 Å². The molecule has 2 aromatic carbocycles. The summed E-state index contributed by atoms with van der Waals surface area (Å²) in [4.78, 5) is 25.6. The molecule has 4 atom stereocenters. The normalized spacial score (nSPS) is 26.9. The van der Waals surface area contributed by atoms with Crippen molar-refractivity contribution in [2.75, 3.05) is 13.2 Å². The number of rotatable bonds is 6. The largest absolute Gasteiger partial charge is 0.537 e. The highest BCUT2D eigenvalue weighted by Crippen LogP contribution is 2.50. The van der Waals surface area contributed by atoms with Crippen LogP contribution in [0.1, 0.15) is 48.0 Å². The van der Waals surface area contributed by atoms with Crippen LogP contribution in [-0.2, 0) is 23.5 Å². The standard InChI is InChI=1S/C34H42O6Si/c1-22-17-29(40-41(33(2,3)4,25-13-9-7-10-14-25)26-15-11-8-12-16-26)31(24-20-38-34(5,6)39-21-24)27-18-23(32(36)37)19-28(35)30(22)27/h7-18,22,24,27,30-31H,19-21H2,1-6H3,(H,36,37)/t22-,27-,30+,31-/m1/s1. The highest BCUT2D eigenvalue weighted by molar-refractivity contribution is 6.99. The number of carboxylic acid groups (broad SMARTS) is 1. The summed E-state index contributed by atoms with van der Waals surface area (Å²) in [5, 5.41) is 12.0. The number of hydrogen-bond acceptors (Lipinski definition) is 5. The number of carbonyl (C=O) groups excluding carboxylic acids is 1. The van der Waals surface area contributed by atoms with Crippen LogP contribution in [0.25, 0.3) is 0 Å². The minimum atomic E-state index is -2.98. The molecule has 41 heavy (non-hydrogen) atoms. The monoisotopic (exact) mass is 574 g/mol. The van der Waals surface area contributed by atoms with Gasteiger partial charge >= 0.3 is 14.3 Å². The summed E-state index contributed by atoms with van der Waals surface area (Å²) in [5.41, 5.74) is 0.165. The van der Waals surface area contributed by atoms with Gasteiger partial charge in [-0.15, -0.1) is 0 Å². The van der Waals surface area contributed by atoms with Crippen molar-refractivity contribution >= 4 is 30.4 Å². The average Bonchev–Trinajstić information content (AvgIpc) is 2.92. The molecule has 0 bridgehead atoms. The first-order valence-corrected chi connectivity index (χ1v) is 16.5. The van der Waals surface area contributed by atoms with E-state index in [9.17, 15) is 14.7 Å². The fourth-order valence-corrected chi connectivity index (χ4v) is 11.6. The molecular weight excluding hydrogens is 532 g/mol. The quantitative estimate of drug-likeness (QED) is 0.470. The third-order valence-corrected chi connectivity index (χ3v) is 14.0. The van der Waals surface area contributed by atoms with E-state index in [1.54, 1.807) is 0 Å². The Morgan fingerprint density at radius 1 is 0.927 bits per heavy atom. The number of aliphatic carboxylic acids is 1. The Kier molecular flexibility index (Phi) is 7.92. The van der Waals surface area contributed by atoms with Crippen LogP contribution in [0.5, 0.6) is 0 Å². The first-order valence-electron chi connectivity index (χ1n) is 14.6. The highest BCUT2D eigenvalue weighted by Gasteiger charge is 2.56. The molecule has 7 heteroatoms. The number of hydrogen-bond donors (Lipinski definition) is 1. The predicted molar refractivity (Wildman–Crippen MR) is 161 cm³/mol. The third-order valence-electron chi connectivity index (χ3n) is 9.04. The summed E-state index contributed by atoms with van der Waals surface area (Å²) in [6.45, 7) is 13.4. The topological polar surface area (TPSA) is 82.1 Å². The Bertz CT molecular complexity index is 1290. The van der Waals surface area contributed by atoms with Crippen LogP contribution in [0.2, 0.25) is 5.04 Å². The molecule has 0 unspecified atom stereocenters. The van der Waals surface area contributed by atoms with E-state index in [0.29, 0.717) is 13.2 Å². The molecule has 1 heterocycles. The van der Waals surface area contributed by atoms with Gasteiger partial charge in [-0.1, -0.05) is 94.4 Å². The molecule has 0 spiro atoms. The van der Waals surface area contributed by atoms with Gasteiger partial charge in [0.2, 0.25) is 0 Å². The van der Waals surface area contributed by atoms with Crippen LogP contribution in [0, 0.1) is 29.6 Å². The lowest BCUT2D eigenvalue weighted by Gasteiger charge is -2.50. The number of benzene rings is 2. The summed E-state index contributed by atoms with van der Waals surface area (Å²) < 4.78 is 19.9. The van der Waals surface area contributed by atoms with Crippen molar-refractivity contribution in [1.29, 1.82) is 0 Å². The molecule has 5 rings (SSSR count). The number of Topliss-reactive ketones (excluding diaryl/α,β-unsaturated/α-hetero) is 1. The molecule has 2 aliphatic carbocycles. The van der Waals surface area contributed by atoms with E-state index in [0.717, 1.165) is 16.1 Å². The lowest BCUT2D eigenvalue weighted by atomic mass is 9.61. The van der Waals surface area contributed by atoms with Gasteiger partial charge in [0.25, 0.3) is 0 Å². The summed E-state index contributed by atoms with van der Waals surface area (Å²) in [5.74, 6) is -2.07. The van der Waals surface area contributed by atoms with Gasteiger partial charge in [-0.2, -0.15) is 0 Å². The third kappa shape index (κ3) is 5.47. The van der Waals surface area contributed by atoms with Crippen LogP contribution < -0.4 is 10.4 Å². The van der Waals surface area contributed by atoms with Crippen molar-refractivity contribution < 1.29 is 28.6 Å². The maximum absolute atomic E-state index is 13.5. The molecule has 2 aromatic rings. The predicted octanol–water partition coefficient (Wildman–Crippen LogP) is 5.33. The van der Waals surface area contributed by atoms with Gasteiger partial charge in [0.1, 0.15) is 5.78 Å². The van der Waals surface area contributed by atoms with E-state index in [4.69, 9.17) is 13.9 Å². The van der Waals surface area contributed by atoms with Crippen LogP contribution >= 0.6 is 0 Å². The Labute approximate surface area is 244 Å². The minimum absolute atomic E-state index is 0.0221. The molecule has 0 aromatic heterocycles. The van der Waals surface area contributed by atoms with Gasteiger partial charge in [-0.25, -0.2) is 4.79 Å². The van der Waals surface area contributed by atoms with Gasteiger partial charge in [-0.3, -0.25) is 4.79 Å². The molecule has 1 aliphatic heterocycles. The first kappa shape index (κ1) is 29.5. The zero-order valence-corrected chi connectivity index (χ0v) is 25.9. The second-order valence-corrected chi connectivity index (χ2v) is 17.5. The number of ketones is 1. The summed E-state index contributed by atoms with van der Waals surface area (Å²) in [6.07, 6.45) is 3.93. The van der Waals surface area contributed by atoms with Crippen LogP contribution in [-0.4, -0.2) is 44.2 Å². The van der Waals surface area contributed by atoms with Crippen molar-refractivity contribution in [3.05, 3.63) is 84.1 Å². The van der Waals surface area contributed by atoms with E-state index in [2.05, 4.69) is 82.3 Å². The second-order valence-electron chi connectivity index (χ2n) is 13.2. The molecule has 3 aliphatic rings. The van der Waals surface area contributed by atoms with Gasteiger partial charge in [0.05, 0.1) is 19.0 Å². The lowest BCUT2D eigenvalue weighted by Crippen LogP contribution is -2.67. The number of fused-ring (bicyclic) bond motifs is 1. The SMILES string of the molecule is C[C@@H]1C=C(O[Si](c2ccccc2)(c2ccccc2)C(C)(C)C)[C@H](C2COC(C)(C)OC2)[C@@H]2C=C(C(=O)O)CC(=O)[C@H]21. The first-order chi connectivity index (χ1) is 19.3. The molecule has 0 radical (unpaired) electrons. The lowest BCUT2D eigenvalue weighted by molar-refractivity contribution is -0.269. The molecular formula is C34H42O6Si. The van der Waals surface area contributed by atoms with E-state index in [-0.39, 0.29) is 52.4 Å². The molecule has 1 saturated heterocycles. The summed E-state index contributed by atoms with van der Waals surface area (Å²) >= 11 is 0. The zero-order chi connectivity index (χ0) is 29.6. The van der Waals surface area contributed by atoms with Crippen LogP contribution in [0.4, 0.5) is 0 Å². The average molecular weight is 575 g/mol. The summed E-state index contributed by atoms with van der Waals surface area (Å²) in [7, 11) is -2.98. The van der Waals surface area contributed by atoms with Crippen molar-refractivity contribution in [1.82, 2.24) is 0 Å². The molecule has 0 amide bonds. The minimum Gasteiger partial charge on any atom is -0.537 e. The zero-order valence-electron chi connectivity index (χ0n) is 24.9. The molecule has 1 N–H and O–H groups in total. The molecule has 1 fully saturated rings. The van der Waals surface area contributed by atoms with Gasteiger partial charge < -0.3 is 19.0 Å². The van der Waals surface area contributed by atoms with Crippen molar-refractivity contribution in [3.8, 4) is 0 Å². The fourth-order valence-electron chi connectivity index (χ4n) is 7.08. The van der Waals surface area contributed by atoms with E-state index >= 15 is 0 Å². The Morgan fingerprint density at radius 3 is 1.95 bits per heavy atom. The second kappa shape index (κ2) is 11.0. The number of ether oxygens (including phenoxy) is 2. The number of allylic oxidation sites excluding steroid dienone is 3. The number of carbonyl (C=O) groups is 2. The van der Waals surface area contributed by atoms with Gasteiger partial charge in [-0.05, 0) is 47.2 Å². The van der Waals surface area contributed by atoms with Gasteiger partial charge in [0, 0.05) is 29.7 Å². The molecule has 0 saturated carbocycles. The van der Waals surface area contributed by atoms with Crippen LogP contribution in [0.3, 0.4) is 0 Å². The Morgan fingerprint density at radius 2 is 1.46 bits per heavy atom. The summed E-state index contributed by atoms with van der Waals surface area (Å²) in [6, 6.07) is 21.0. The molecule has 218 valence electrons. The number of carboxylic acids is 1. The van der Waals surface area contributed by atoms with Crippen molar-refractivity contribution in [3.63, 3.8) is 0 Å². The maximum Gasteiger partial charge on any atom is 0.331 e. The Hall–Kier alpha value is -3.00. The van der Waals surface area contributed by atoms with Crippen LogP contribution in [0.15, 0.2) is 84.1 Å². The Balaban J connectivity index is 1.70. The van der Waals surface area contributed by atoms with E-state index < -0.39 is 20.1 Å². The smallest absolute Gasteiger partial charge is 0.331 e. The fraction of sp³-hybridized carbons (Fsp3) is 0.471. The van der Waals surface area contributed by atoms with E-state index in [1.165, 1.54) is 0 Å². The van der Waals surface area contributed by atoms with Crippen molar-refractivity contribution in [2.24, 2.45) is 29.6 Å². The maximum atomic E-state index is 13.5. The van der Waals surface area contributed by atoms with E-state index in [1.807, 2.05) is 32.1 Å². The highest BCUT2D eigenvalue weighted by atomic mass is 28.4. The molecule has 6 nitrogen and oxygen atoms in total.